The number of nitrogens with zero attached hydrogens (tertiary/aromatic N) is 2. The number of Topliss-reactive ketones (excluding diaryl/α,β-unsaturated/α-hetero) is 1. The highest BCUT2D eigenvalue weighted by Gasteiger charge is 2.16. The highest BCUT2D eigenvalue weighted by atomic mass is 16.5. The molecule has 3 aromatic rings. The molecule has 0 aliphatic carbocycles. The van der Waals surface area contributed by atoms with Gasteiger partial charge in [-0.3, -0.25) is 9.59 Å². The van der Waals surface area contributed by atoms with Crippen LogP contribution in [-0.4, -0.2) is 27.8 Å². The van der Waals surface area contributed by atoms with E-state index in [9.17, 15) is 14.7 Å². The lowest BCUT2D eigenvalue weighted by Gasteiger charge is -2.15. The lowest BCUT2D eigenvalue weighted by molar-refractivity contribution is 0.100. The molecule has 0 saturated carbocycles. The van der Waals surface area contributed by atoms with Gasteiger partial charge in [-0.2, -0.15) is 5.10 Å². The first-order valence-electron chi connectivity index (χ1n) is 7.59. The summed E-state index contributed by atoms with van der Waals surface area (Å²) in [6, 6.07) is 14.8. The molecule has 0 aliphatic rings. The molecule has 1 heterocycles. The smallest absolute Gasteiger partial charge is 0.252 e. The number of ketones is 1. The Kier molecular flexibility index (Phi) is 4.35. The zero-order valence-corrected chi connectivity index (χ0v) is 13.8. The van der Waals surface area contributed by atoms with E-state index < -0.39 is 17.0 Å². The molecule has 0 spiro atoms. The van der Waals surface area contributed by atoms with Crippen LogP contribution in [0.15, 0.2) is 59.5 Å². The SMILES string of the molecule is COc1ccccc1-c1ccccc1-n1cc(O)c(=O)c(C(C)=O)n1. The summed E-state index contributed by atoms with van der Waals surface area (Å²) in [7, 11) is 1.58. The molecule has 2 aromatic carbocycles. The Labute approximate surface area is 143 Å². The van der Waals surface area contributed by atoms with Crippen LogP contribution in [0.3, 0.4) is 0 Å². The number of ether oxygens (including phenoxy) is 1. The third-order valence-electron chi connectivity index (χ3n) is 3.78. The van der Waals surface area contributed by atoms with Crippen LogP contribution in [0.5, 0.6) is 11.5 Å². The molecule has 0 atom stereocenters. The number of rotatable bonds is 4. The second-order valence-electron chi connectivity index (χ2n) is 5.41. The molecule has 1 aromatic heterocycles. The fourth-order valence-corrected chi connectivity index (χ4v) is 2.60. The van der Waals surface area contributed by atoms with Crippen LogP contribution in [0, 0.1) is 0 Å². The van der Waals surface area contributed by atoms with E-state index in [1.54, 1.807) is 19.2 Å². The van der Waals surface area contributed by atoms with Crippen molar-refractivity contribution in [3.05, 3.63) is 70.6 Å². The van der Waals surface area contributed by atoms with Gasteiger partial charge in [0, 0.05) is 18.1 Å². The van der Waals surface area contributed by atoms with E-state index in [2.05, 4.69) is 5.10 Å². The Morgan fingerprint density at radius 3 is 2.40 bits per heavy atom. The lowest BCUT2D eigenvalue weighted by atomic mass is 10.0. The minimum Gasteiger partial charge on any atom is -0.503 e. The lowest BCUT2D eigenvalue weighted by Crippen LogP contribution is -2.20. The maximum absolute atomic E-state index is 11.9. The first kappa shape index (κ1) is 16.4. The summed E-state index contributed by atoms with van der Waals surface area (Å²) >= 11 is 0. The summed E-state index contributed by atoms with van der Waals surface area (Å²) < 4.78 is 6.74. The molecule has 6 heteroatoms. The Morgan fingerprint density at radius 2 is 1.72 bits per heavy atom. The first-order chi connectivity index (χ1) is 12.0. The maximum atomic E-state index is 11.9. The minimum atomic E-state index is -0.779. The predicted molar refractivity (Wildman–Crippen MR) is 93.5 cm³/mol. The maximum Gasteiger partial charge on any atom is 0.252 e. The molecule has 25 heavy (non-hydrogen) atoms. The van der Waals surface area contributed by atoms with Gasteiger partial charge in [0.2, 0.25) is 0 Å². The molecule has 0 fully saturated rings. The average Bonchev–Trinajstić information content (AvgIpc) is 2.63. The number of carbonyl (C=O) groups excluding carboxylic acids is 1. The summed E-state index contributed by atoms with van der Waals surface area (Å²) in [5.41, 5.74) is 1.12. The summed E-state index contributed by atoms with van der Waals surface area (Å²) in [6.45, 7) is 1.24. The topological polar surface area (TPSA) is 81.4 Å². The molecule has 3 rings (SSSR count). The second kappa shape index (κ2) is 6.60. The molecule has 1 N–H and O–H groups in total. The highest BCUT2D eigenvalue weighted by Crippen LogP contribution is 2.33. The minimum absolute atomic E-state index is 0.310. The summed E-state index contributed by atoms with van der Waals surface area (Å²) in [5.74, 6) is -0.369. The monoisotopic (exact) mass is 336 g/mol. The molecule has 0 amide bonds. The van der Waals surface area contributed by atoms with E-state index in [0.29, 0.717) is 11.4 Å². The Bertz CT molecular complexity index is 1010. The van der Waals surface area contributed by atoms with Crippen molar-refractivity contribution in [1.29, 1.82) is 0 Å². The van der Waals surface area contributed by atoms with Crippen LogP contribution in [0.2, 0.25) is 0 Å². The van der Waals surface area contributed by atoms with E-state index in [1.807, 2.05) is 36.4 Å². The molecule has 0 saturated heterocycles. The van der Waals surface area contributed by atoms with E-state index in [1.165, 1.54) is 17.8 Å². The fraction of sp³-hybridized carbons (Fsp3) is 0.105. The molecule has 0 bridgehead atoms. The Balaban J connectivity index is 2.27. The van der Waals surface area contributed by atoms with Gasteiger partial charge in [0.25, 0.3) is 5.43 Å². The van der Waals surface area contributed by atoms with Crippen molar-refractivity contribution in [2.24, 2.45) is 0 Å². The summed E-state index contributed by atoms with van der Waals surface area (Å²) in [5, 5.41) is 14.0. The Hall–Kier alpha value is -3.41. The number of methoxy groups -OCH3 is 1. The van der Waals surface area contributed by atoms with Gasteiger partial charge >= 0.3 is 0 Å². The summed E-state index contributed by atoms with van der Waals surface area (Å²) in [4.78, 5) is 23.5. The predicted octanol–water partition coefficient (Wildman–Crippen LogP) is 2.82. The Morgan fingerprint density at radius 1 is 1.08 bits per heavy atom. The molecular weight excluding hydrogens is 320 g/mol. The van der Waals surface area contributed by atoms with Gasteiger partial charge in [-0.15, -0.1) is 0 Å². The second-order valence-corrected chi connectivity index (χ2v) is 5.41. The van der Waals surface area contributed by atoms with Gasteiger partial charge in [-0.1, -0.05) is 36.4 Å². The third kappa shape index (κ3) is 3.01. The van der Waals surface area contributed by atoms with Crippen LogP contribution >= 0.6 is 0 Å². The number of hydrogen-bond donors (Lipinski definition) is 1. The van der Waals surface area contributed by atoms with Crippen molar-refractivity contribution in [2.45, 2.75) is 6.92 Å². The van der Waals surface area contributed by atoms with E-state index in [4.69, 9.17) is 4.74 Å². The molecular formula is C19H16N2O4. The van der Waals surface area contributed by atoms with E-state index in [0.717, 1.165) is 11.1 Å². The molecule has 0 radical (unpaired) electrons. The number of aromatic nitrogens is 2. The van der Waals surface area contributed by atoms with Crippen LogP contribution in [-0.2, 0) is 0 Å². The molecule has 126 valence electrons. The van der Waals surface area contributed by atoms with Crippen molar-refractivity contribution in [1.82, 2.24) is 9.78 Å². The van der Waals surface area contributed by atoms with Crippen molar-refractivity contribution >= 4 is 5.78 Å². The molecule has 0 unspecified atom stereocenters. The van der Waals surface area contributed by atoms with Crippen LogP contribution < -0.4 is 10.2 Å². The van der Waals surface area contributed by atoms with Crippen molar-refractivity contribution < 1.29 is 14.6 Å². The van der Waals surface area contributed by atoms with Gasteiger partial charge in [-0.05, 0) is 12.1 Å². The van der Waals surface area contributed by atoms with Gasteiger partial charge in [0.1, 0.15) is 5.75 Å². The van der Waals surface area contributed by atoms with Gasteiger partial charge in [0.05, 0.1) is 19.0 Å². The van der Waals surface area contributed by atoms with Crippen molar-refractivity contribution in [2.75, 3.05) is 7.11 Å². The van der Waals surface area contributed by atoms with E-state index in [-0.39, 0.29) is 5.69 Å². The number of hydrogen-bond acceptors (Lipinski definition) is 5. The zero-order chi connectivity index (χ0) is 18.0. The summed E-state index contributed by atoms with van der Waals surface area (Å²) in [6.07, 6.45) is 1.20. The quantitative estimate of drug-likeness (QED) is 0.741. The fourth-order valence-electron chi connectivity index (χ4n) is 2.60. The van der Waals surface area contributed by atoms with Crippen molar-refractivity contribution in [3.63, 3.8) is 0 Å². The normalized spacial score (nSPS) is 10.5. The zero-order valence-electron chi connectivity index (χ0n) is 13.8. The van der Waals surface area contributed by atoms with Gasteiger partial charge in [-0.25, -0.2) is 4.68 Å². The van der Waals surface area contributed by atoms with Crippen LogP contribution in [0.1, 0.15) is 17.4 Å². The van der Waals surface area contributed by atoms with Gasteiger partial charge < -0.3 is 9.84 Å². The third-order valence-corrected chi connectivity index (χ3v) is 3.78. The van der Waals surface area contributed by atoms with Crippen LogP contribution in [0.4, 0.5) is 0 Å². The van der Waals surface area contributed by atoms with Crippen LogP contribution in [0.25, 0.3) is 16.8 Å². The number of para-hydroxylation sites is 2. The largest absolute Gasteiger partial charge is 0.503 e. The highest BCUT2D eigenvalue weighted by molar-refractivity contribution is 5.92. The van der Waals surface area contributed by atoms with Crippen molar-refractivity contribution in [3.8, 4) is 28.3 Å². The molecule has 6 nitrogen and oxygen atoms in total. The van der Waals surface area contributed by atoms with Gasteiger partial charge in [0.15, 0.2) is 17.2 Å². The molecule has 0 aliphatic heterocycles. The average molecular weight is 336 g/mol. The first-order valence-corrected chi connectivity index (χ1v) is 7.59. The standard InChI is InChI=1S/C19H16N2O4/c1-12(22)18-19(24)16(23)11-21(20-18)15-9-5-3-7-13(15)14-8-4-6-10-17(14)25-2/h3-11,23H,1-2H3. The number of aromatic hydroxyl groups is 1. The van der Waals surface area contributed by atoms with E-state index >= 15 is 0 Å². The number of benzene rings is 2. The number of carbonyl (C=O) groups is 1.